The van der Waals surface area contributed by atoms with Gasteiger partial charge in [-0.25, -0.2) is 9.37 Å². The van der Waals surface area contributed by atoms with E-state index < -0.39 is 11.4 Å². The highest BCUT2D eigenvalue weighted by molar-refractivity contribution is 5.39. The Bertz CT molecular complexity index is 324. The molecule has 1 rings (SSSR count). The molecular formula is C8H13FN4O. The SMILES string of the molecule is CC(C)(O)CNc1nc(N)ncc1F. The van der Waals surface area contributed by atoms with Crippen molar-refractivity contribution in [2.75, 3.05) is 17.6 Å². The maximum atomic E-state index is 13.0. The standard InChI is InChI=1S/C8H13FN4O/c1-8(2,14)4-12-6-5(9)3-11-7(10)13-6/h3,14H,4H2,1-2H3,(H3,10,11,12,13). The molecule has 6 heteroatoms. The number of aliphatic hydroxyl groups is 1. The first-order valence-corrected chi connectivity index (χ1v) is 4.13. The summed E-state index contributed by atoms with van der Waals surface area (Å²) in [6.45, 7) is 3.38. The van der Waals surface area contributed by atoms with Gasteiger partial charge >= 0.3 is 0 Å². The van der Waals surface area contributed by atoms with Gasteiger partial charge in [0, 0.05) is 6.54 Å². The van der Waals surface area contributed by atoms with Gasteiger partial charge in [-0.1, -0.05) is 0 Å². The molecule has 0 atom stereocenters. The molecule has 0 amide bonds. The largest absolute Gasteiger partial charge is 0.389 e. The monoisotopic (exact) mass is 200 g/mol. The van der Waals surface area contributed by atoms with E-state index >= 15 is 0 Å². The summed E-state index contributed by atoms with van der Waals surface area (Å²) in [6.07, 6.45) is 0.981. The number of anilines is 2. The van der Waals surface area contributed by atoms with Gasteiger partial charge in [0.1, 0.15) is 0 Å². The van der Waals surface area contributed by atoms with E-state index in [0.29, 0.717) is 0 Å². The second-order valence-electron chi connectivity index (χ2n) is 3.59. The third kappa shape index (κ3) is 3.14. The number of rotatable bonds is 3. The Morgan fingerprint density at radius 1 is 1.64 bits per heavy atom. The Kier molecular flexibility index (Phi) is 2.85. The van der Waals surface area contributed by atoms with Gasteiger partial charge < -0.3 is 16.2 Å². The quantitative estimate of drug-likeness (QED) is 0.657. The molecular weight excluding hydrogens is 187 g/mol. The summed E-state index contributed by atoms with van der Waals surface area (Å²) in [7, 11) is 0. The summed E-state index contributed by atoms with van der Waals surface area (Å²) in [5, 5.41) is 12.0. The fraction of sp³-hybridized carbons (Fsp3) is 0.500. The third-order valence-electron chi connectivity index (χ3n) is 1.45. The lowest BCUT2D eigenvalue weighted by Crippen LogP contribution is -2.30. The summed E-state index contributed by atoms with van der Waals surface area (Å²) in [4.78, 5) is 7.12. The van der Waals surface area contributed by atoms with Crippen molar-refractivity contribution >= 4 is 11.8 Å². The lowest BCUT2D eigenvalue weighted by Gasteiger charge is -2.18. The summed E-state index contributed by atoms with van der Waals surface area (Å²) in [6, 6.07) is 0. The van der Waals surface area contributed by atoms with Crippen LogP contribution in [0.15, 0.2) is 6.20 Å². The number of nitrogen functional groups attached to an aromatic ring is 1. The van der Waals surface area contributed by atoms with E-state index in [1.807, 2.05) is 0 Å². The molecule has 0 bridgehead atoms. The van der Waals surface area contributed by atoms with Crippen LogP contribution in [0.1, 0.15) is 13.8 Å². The van der Waals surface area contributed by atoms with Gasteiger partial charge in [0.05, 0.1) is 11.8 Å². The van der Waals surface area contributed by atoms with Crippen LogP contribution in [0.3, 0.4) is 0 Å². The molecule has 0 spiro atoms. The molecule has 0 fully saturated rings. The number of aromatic nitrogens is 2. The fourth-order valence-corrected chi connectivity index (χ4v) is 0.805. The Hall–Kier alpha value is -1.43. The molecule has 0 aliphatic heterocycles. The Morgan fingerprint density at radius 3 is 2.86 bits per heavy atom. The van der Waals surface area contributed by atoms with Crippen LogP contribution in [0.2, 0.25) is 0 Å². The molecule has 4 N–H and O–H groups in total. The van der Waals surface area contributed by atoms with Crippen LogP contribution in [0.5, 0.6) is 0 Å². The summed E-state index contributed by atoms with van der Waals surface area (Å²) in [5.41, 5.74) is 4.34. The first-order chi connectivity index (χ1) is 6.38. The molecule has 0 saturated heterocycles. The zero-order valence-electron chi connectivity index (χ0n) is 8.08. The predicted molar refractivity (Wildman–Crippen MR) is 51.2 cm³/mol. The van der Waals surface area contributed by atoms with Crippen LogP contribution in [-0.2, 0) is 0 Å². The van der Waals surface area contributed by atoms with Crippen LogP contribution in [0.4, 0.5) is 16.2 Å². The van der Waals surface area contributed by atoms with Crippen LogP contribution in [0.25, 0.3) is 0 Å². The molecule has 14 heavy (non-hydrogen) atoms. The topological polar surface area (TPSA) is 84.1 Å². The summed E-state index contributed by atoms with van der Waals surface area (Å²) < 4.78 is 13.0. The van der Waals surface area contributed by atoms with Gasteiger partial charge in [-0.05, 0) is 13.8 Å². The smallest absolute Gasteiger partial charge is 0.222 e. The van der Waals surface area contributed by atoms with Crippen LogP contribution < -0.4 is 11.1 Å². The van der Waals surface area contributed by atoms with Crippen LogP contribution in [-0.4, -0.2) is 27.2 Å². The van der Waals surface area contributed by atoms with Crippen molar-refractivity contribution in [3.8, 4) is 0 Å². The minimum absolute atomic E-state index is 0.000347. The summed E-state index contributed by atoms with van der Waals surface area (Å²) in [5.74, 6) is -0.604. The lowest BCUT2D eigenvalue weighted by atomic mass is 10.1. The Labute approximate surface area is 81.2 Å². The van der Waals surface area contributed by atoms with Gasteiger partial charge in [0.15, 0.2) is 11.6 Å². The average molecular weight is 200 g/mol. The van der Waals surface area contributed by atoms with Gasteiger partial charge in [0.2, 0.25) is 5.95 Å². The number of nitrogens with one attached hydrogen (secondary N) is 1. The molecule has 5 nitrogen and oxygen atoms in total. The van der Waals surface area contributed by atoms with E-state index in [1.54, 1.807) is 13.8 Å². The number of halogens is 1. The van der Waals surface area contributed by atoms with Crippen LogP contribution in [0, 0.1) is 5.82 Å². The first-order valence-electron chi connectivity index (χ1n) is 4.13. The lowest BCUT2D eigenvalue weighted by molar-refractivity contribution is 0.0943. The second-order valence-corrected chi connectivity index (χ2v) is 3.59. The Morgan fingerprint density at radius 2 is 2.29 bits per heavy atom. The van der Waals surface area contributed by atoms with Gasteiger partial charge in [0.25, 0.3) is 0 Å². The van der Waals surface area contributed by atoms with E-state index in [2.05, 4.69) is 15.3 Å². The van der Waals surface area contributed by atoms with Crippen molar-refractivity contribution in [1.82, 2.24) is 9.97 Å². The molecule has 0 aliphatic rings. The summed E-state index contributed by atoms with van der Waals surface area (Å²) >= 11 is 0. The van der Waals surface area contributed by atoms with Crippen molar-refractivity contribution in [2.45, 2.75) is 19.4 Å². The molecule has 0 saturated carbocycles. The highest BCUT2D eigenvalue weighted by atomic mass is 19.1. The number of hydrogen-bond donors (Lipinski definition) is 3. The first kappa shape index (κ1) is 10.6. The maximum Gasteiger partial charge on any atom is 0.222 e. The van der Waals surface area contributed by atoms with Gasteiger partial charge in [-0.2, -0.15) is 4.98 Å². The van der Waals surface area contributed by atoms with Gasteiger partial charge in [-0.15, -0.1) is 0 Å². The molecule has 1 aromatic heterocycles. The number of nitrogens with zero attached hydrogens (tertiary/aromatic N) is 2. The maximum absolute atomic E-state index is 13.0. The van der Waals surface area contributed by atoms with Crippen molar-refractivity contribution in [3.05, 3.63) is 12.0 Å². The molecule has 0 aromatic carbocycles. The number of nitrogens with two attached hydrogens (primary N) is 1. The minimum atomic E-state index is -0.938. The van der Waals surface area contributed by atoms with Crippen molar-refractivity contribution in [2.24, 2.45) is 0 Å². The normalized spacial score (nSPS) is 11.4. The van der Waals surface area contributed by atoms with Crippen molar-refractivity contribution < 1.29 is 9.50 Å². The fourth-order valence-electron chi connectivity index (χ4n) is 0.805. The van der Waals surface area contributed by atoms with E-state index in [9.17, 15) is 9.50 Å². The molecule has 0 unspecified atom stereocenters. The highest BCUT2D eigenvalue weighted by Gasteiger charge is 2.14. The van der Waals surface area contributed by atoms with E-state index in [0.717, 1.165) is 6.20 Å². The van der Waals surface area contributed by atoms with E-state index in [4.69, 9.17) is 5.73 Å². The van der Waals surface area contributed by atoms with E-state index in [-0.39, 0.29) is 18.3 Å². The van der Waals surface area contributed by atoms with Crippen molar-refractivity contribution in [1.29, 1.82) is 0 Å². The molecule has 0 radical (unpaired) electrons. The average Bonchev–Trinajstić information content (AvgIpc) is 2.05. The van der Waals surface area contributed by atoms with E-state index in [1.165, 1.54) is 0 Å². The van der Waals surface area contributed by atoms with Crippen LogP contribution >= 0.6 is 0 Å². The number of hydrogen-bond acceptors (Lipinski definition) is 5. The predicted octanol–water partition coefficient (Wildman–Crippen LogP) is 0.381. The Balaban J connectivity index is 2.72. The molecule has 1 heterocycles. The third-order valence-corrected chi connectivity index (χ3v) is 1.45. The van der Waals surface area contributed by atoms with Crippen molar-refractivity contribution in [3.63, 3.8) is 0 Å². The molecule has 0 aliphatic carbocycles. The van der Waals surface area contributed by atoms with Gasteiger partial charge in [-0.3, -0.25) is 0 Å². The minimum Gasteiger partial charge on any atom is -0.389 e. The highest BCUT2D eigenvalue weighted by Crippen LogP contribution is 2.11. The zero-order valence-corrected chi connectivity index (χ0v) is 8.08. The second kappa shape index (κ2) is 3.75. The zero-order chi connectivity index (χ0) is 10.8. The molecule has 78 valence electrons. The molecule has 1 aromatic rings.